The van der Waals surface area contributed by atoms with Gasteiger partial charge in [-0.25, -0.2) is 13.2 Å². The van der Waals surface area contributed by atoms with Crippen molar-refractivity contribution in [3.8, 4) is 22.9 Å². The first kappa shape index (κ1) is 38.2. The van der Waals surface area contributed by atoms with Gasteiger partial charge in [-0.05, 0) is 71.1 Å². The highest BCUT2D eigenvalue weighted by Gasteiger charge is 2.27. The average Bonchev–Trinajstić information content (AvgIpc) is 3.22. The second kappa shape index (κ2) is 17.5. The molecule has 55 heavy (non-hydrogen) atoms. The zero-order chi connectivity index (χ0) is 38.8. The molecular formula is C45H39N3O6S. The molecule has 0 aliphatic carbocycles. The molecule has 1 amide bonds. The number of hydrogen-bond donors (Lipinski definition) is 0. The maximum Gasteiger partial charge on any atom is 0.342 e. The van der Waals surface area contributed by atoms with Crippen molar-refractivity contribution in [2.75, 3.05) is 18.5 Å². The van der Waals surface area contributed by atoms with E-state index in [9.17, 15) is 23.3 Å². The minimum atomic E-state index is -4.00. The second-order valence-electron chi connectivity index (χ2n) is 13.0. The Morgan fingerprint density at radius 1 is 0.691 bits per heavy atom. The summed E-state index contributed by atoms with van der Waals surface area (Å²) < 4.78 is 40.0. The number of benzene rings is 6. The molecule has 0 saturated carbocycles. The van der Waals surface area contributed by atoms with E-state index in [1.807, 2.05) is 104 Å². The zero-order valence-corrected chi connectivity index (χ0v) is 31.3. The molecule has 0 aromatic heterocycles. The predicted octanol–water partition coefficient (Wildman–Crippen LogP) is 8.32. The van der Waals surface area contributed by atoms with Gasteiger partial charge in [-0.15, -0.1) is 0 Å². The molecule has 0 radical (unpaired) electrons. The number of carbonyl (C=O) groups excluding carboxylic acids is 2. The van der Waals surface area contributed by atoms with Gasteiger partial charge >= 0.3 is 5.97 Å². The van der Waals surface area contributed by atoms with Crippen molar-refractivity contribution in [2.45, 2.75) is 31.6 Å². The smallest absolute Gasteiger partial charge is 0.342 e. The lowest BCUT2D eigenvalue weighted by Crippen LogP contribution is -2.41. The molecule has 0 spiro atoms. The van der Waals surface area contributed by atoms with Crippen LogP contribution in [0.5, 0.6) is 5.75 Å². The topological polar surface area (TPSA) is 117 Å². The van der Waals surface area contributed by atoms with E-state index in [-0.39, 0.29) is 36.0 Å². The van der Waals surface area contributed by atoms with Crippen LogP contribution in [-0.4, -0.2) is 38.2 Å². The van der Waals surface area contributed by atoms with Crippen LogP contribution in [0.4, 0.5) is 5.69 Å². The largest absolute Gasteiger partial charge is 0.488 e. The standard InChI is InChI=1S/C45H39N3O6S/c1-33-13-24-41(25-14-33)55(51,52)47(2)30-44(49)48(29-35-17-21-39(22-18-35)38-19-15-34(28-46)16-20-38)40-23-26-42(45(50)54-32-37-11-7-4-8-12-37)43(27-40)53-31-36-9-5-3-6-10-36/h3-27H,29-32H2,1-2H3. The molecule has 0 N–H and O–H groups in total. The number of hydrogen-bond acceptors (Lipinski definition) is 7. The summed E-state index contributed by atoms with van der Waals surface area (Å²) in [5, 5.41) is 9.18. The summed E-state index contributed by atoms with van der Waals surface area (Å²) in [5.41, 5.74) is 6.35. The molecule has 276 valence electrons. The Bertz CT molecular complexity index is 2400. The molecule has 0 aliphatic heterocycles. The van der Waals surface area contributed by atoms with Crippen LogP contribution in [0.1, 0.15) is 38.2 Å². The van der Waals surface area contributed by atoms with Gasteiger partial charge in [-0.3, -0.25) is 4.79 Å². The lowest BCUT2D eigenvalue weighted by Gasteiger charge is -2.27. The van der Waals surface area contributed by atoms with Gasteiger partial charge in [0.25, 0.3) is 0 Å². The number of rotatable bonds is 14. The average molecular weight is 750 g/mol. The van der Waals surface area contributed by atoms with Gasteiger partial charge in [-0.2, -0.15) is 9.57 Å². The van der Waals surface area contributed by atoms with Crippen molar-refractivity contribution in [1.29, 1.82) is 5.26 Å². The molecule has 0 heterocycles. The van der Waals surface area contributed by atoms with Gasteiger partial charge in [0.15, 0.2) is 0 Å². The molecule has 9 nitrogen and oxygen atoms in total. The molecule has 0 fully saturated rings. The maximum absolute atomic E-state index is 14.3. The van der Waals surface area contributed by atoms with Crippen molar-refractivity contribution < 1.29 is 27.5 Å². The molecular weight excluding hydrogens is 711 g/mol. The number of carbonyl (C=O) groups is 2. The number of nitriles is 1. The third kappa shape index (κ3) is 9.72. The van der Waals surface area contributed by atoms with E-state index in [1.54, 1.807) is 42.5 Å². The molecule has 6 aromatic carbocycles. The van der Waals surface area contributed by atoms with Crippen molar-refractivity contribution in [3.63, 3.8) is 0 Å². The Balaban J connectivity index is 1.33. The monoisotopic (exact) mass is 749 g/mol. The van der Waals surface area contributed by atoms with Gasteiger partial charge < -0.3 is 14.4 Å². The minimum absolute atomic E-state index is 0.0599. The third-order valence-corrected chi connectivity index (χ3v) is 10.8. The molecule has 0 unspecified atom stereocenters. The SMILES string of the molecule is Cc1ccc(S(=O)(=O)N(C)CC(=O)N(Cc2ccc(-c3ccc(C#N)cc3)cc2)c2ccc(C(=O)OCc3ccccc3)c(OCc3ccccc3)c2)cc1. The van der Waals surface area contributed by atoms with E-state index >= 15 is 0 Å². The number of ether oxygens (including phenoxy) is 2. The van der Waals surface area contributed by atoms with Gasteiger partial charge in [0.1, 0.15) is 24.5 Å². The van der Waals surface area contributed by atoms with Crippen LogP contribution in [0.2, 0.25) is 0 Å². The minimum Gasteiger partial charge on any atom is -0.488 e. The van der Waals surface area contributed by atoms with Crippen LogP contribution in [0.25, 0.3) is 11.1 Å². The maximum atomic E-state index is 14.3. The van der Waals surface area contributed by atoms with E-state index in [1.165, 1.54) is 24.1 Å². The molecule has 10 heteroatoms. The van der Waals surface area contributed by atoms with Crippen molar-refractivity contribution in [2.24, 2.45) is 0 Å². The van der Waals surface area contributed by atoms with Crippen LogP contribution in [0.15, 0.2) is 157 Å². The summed E-state index contributed by atoms with van der Waals surface area (Å²) in [6, 6.07) is 47.1. The lowest BCUT2D eigenvalue weighted by molar-refractivity contribution is -0.118. The van der Waals surface area contributed by atoms with Gasteiger partial charge in [0, 0.05) is 18.8 Å². The summed E-state index contributed by atoms with van der Waals surface area (Å²) in [5.74, 6) is -0.893. The highest BCUT2D eigenvalue weighted by atomic mass is 32.2. The van der Waals surface area contributed by atoms with Crippen molar-refractivity contribution >= 4 is 27.6 Å². The number of amides is 1. The number of likely N-dealkylation sites (N-methyl/N-ethyl adjacent to an activating group) is 1. The predicted molar refractivity (Wildman–Crippen MR) is 212 cm³/mol. The summed E-state index contributed by atoms with van der Waals surface area (Å²) in [4.78, 5) is 29.3. The summed E-state index contributed by atoms with van der Waals surface area (Å²) >= 11 is 0. The summed E-state index contributed by atoms with van der Waals surface area (Å²) in [6.45, 7) is 1.70. The number of esters is 1. The first-order valence-corrected chi connectivity index (χ1v) is 19.0. The van der Waals surface area contributed by atoms with Crippen LogP contribution < -0.4 is 9.64 Å². The second-order valence-corrected chi connectivity index (χ2v) is 15.0. The van der Waals surface area contributed by atoms with E-state index in [0.717, 1.165) is 37.7 Å². The first-order valence-electron chi connectivity index (χ1n) is 17.6. The fraction of sp³-hybridized carbons (Fsp3) is 0.133. The Morgan fingerprint density at radius 3 is 1.87 bits per heavy atom. The van der Waals surface area contributed by atoms with Gasteiger partial charge in [0.05, 0.1) is 29.6 Å². The van der Waals surface area contributed by atoms with Crippen molar-refractivity contribution in [3.05, 3.63) is 185 Å². The molecule has 0 saturated heterocycles. The quantitative estimate of drug-likeness (QED) is 0.103. The fourth-order valence-electron chi connectivity index (χ4n) is 5.80. The fourth-order valence-corrected chi connectivity index (χ4v) is 6.92. The number of nitrogens with zero attached hydrogens (tertiary/aromatic N) is 3. The third-order valence-electron chi connectivity index (χ3n) is 8.98. The van der Waals surface area contributed by atoms with Crippen LogP contribution in [-0.2, 0) is 39.3 Å². The van der Waals surface area contributed by atoms with E-state index in [4.69, 9.17) is 9.47 Å². The summed E-state index contributed by atoms with van der Waals surface area (Å²) in [7, 11) is -2.62. The Labute approximate surface area is 321 Å². The van der Waals surface area contributed by atoms with Crippen LogP contribution in [0.3, 0.4) is 0 Å². The molecule has 6 aromatic rings. The number of sulfonamides is 1. The highest BCUT2D eigenvalue weighted by molar-refractivity contribution is 7.89. The molecule has 0 bridgehead atoms. The molecule has 0 aliphatic rings. The van der Waals surface area contributed by atoms with E-state index in [0.29, 0.717) is 11.3 Å². The first-order chi connectivity index (χ1) is 26.6. The van der Waals surface area contributed by atoms with Gasteiger partial charge in [0.2, 0.25) is 15.9 Å². The van der Waals surface area contributed by atoms with Crippen LogP contribution in [0, 0.1) is 18.3 Å². The van der Waals surface area contributed by atoms with Gasteiger partial charge in [-0.1, -0.05) is 115 Å². The summed E-state index contributed by atoms with van der Waals surface area (Å²) in [6.07, 6.45) is 0. The Hall–Kier alpha value is -6.54. The Morgan fingerprint density at radius 2 is 1.27 bits per heavy atom. The number of anilines is 1. The Kier molecular flexibility index (Phi) is 12.2. The lowest BCUT2D eigenvalue weighted by atomic mass is 10.0. The molecule has 0 atom stereocenters. The number of aryl methyl sites for hydroxylation is 1. The highest BCUT2D eigenvalue weighted by Crippen LogP contribution is 2.30. The molecule has 6 rings (SSSR count). The zero-order valence-electron chi connectivity index (χ0n) is 30.5. The van der Waals surface area contributed by atoms with E-state index in [2.05, 4.69) is 6.07 Å². The normalized spacial score (nSPS) is 11.1. The van der Waals surface area contributed by atoms with Crippen molar-refractivity contribution in [1.82, 2.24) is 4.31 Å². The van der Waals surface area contributed by atoms with Crippen LogP contribution >= 0.6 is 0 Å². The van der Waals surface area contributed by atoms with E-state index < -0.39 is 28.4 Å².